The molecule has 0 spiro atoms. The average Bonchev–Trinajstić information content (AvgIpc) is 2.86. The Labute approximate surface area is 111 Å². The number of aromatic amines is 1. The van der Waals surface area contributed by atoms with Gasteiger partial charge in [-0.2, -0.15) is 0 Å². The molecule has 3 rings (SSSR count). The lowest BCUT2D eigenvalue weighted by atomic mass is 9.92. The first-order valence-corrected chi connectivity index (χ1v) is 6.60. The maximum Gasteiger partial charge on any atom is 0.139 e. The van der Waals surface area contributed by atoms with Gasteiger partial charge in [-0.05, 0) is 31.7 Å². The van der Waals surface area contributed by atoms with Gasteiger partial charge in [0.1, 0.15) is 5.65 Å². The monoisotopic (exact) mass is 261 g/mol. The van der Waals surface area contributed by atoms with E-state index in [0.717, 1.165) is 36.0 Å². The minimum atomic E-state index is -0.269. The normalized spacial score (nSPS) is 23.7. The average molecular weight is 261 g/mol. The smallest absolute Gasteiger partial charge is 0.139 e. The summed E-state index contributed by atoms with van der Waals surface area (Å²) in [6.45, 7) is 0. The predicted molar refractivity (Wildman–Crippen MR) is 75.4 cm³/mol. The summed E-state index contributed by atoms with van der Waals surface area (Å²) in [5.74, 6) is 6.26. The topological polar surface area (TPSA) is 104 Å². The van der Waals surface area contributed by atoms with E-state index in [2.05, 4.69) is 9.97 Å². The summed E-state index contributed by atoms with van der Waals surface area (Å²) >= 11 is 0. The first kappa shape index (κ1) is 12.3. The van der Waals surface area contributed by atoms with Crippen LogP contribution in [0, 0.1) is 0 Å². The Morgan fingerprint density at radius 2 is 2.26 bits per heavy atom. The molecule has 2 unspecified atom stereocenters. The number of pyridine rings is 1. The zero-order chi connectivity index (χ0) is 13.4. The van der Waals surface area contributed by atoms with Crippen LogP contribution < -0.4 is 16.6 Å². The minimum absolute atomic E-state index is 0.117. The first-order valence-electron chi connectivity index (χ1n) is 6.60. The Hall–Kier alpha value is -1.79. The number of nitrogens with one attached hydrogen (secondary N) is 1. The quantitative estimate of drug-likeness (QED) is 0.479. The molecule has 2 aromatic heterocycles. The van der Waals surface area contributed by atoms with Gasteiger partial charge < -0.3 is 20.8 Å². The molecule has 0 radical (unpaired) electrons. The van der Waals surface area contributed by atoms with Crippen LogP contribution in [-0.4, -0.2) is 27.2 Å². The number of aromatic nitrogens is 2. The van der Waals surface area contributed by atoms with Crippen LogP contribution in [0.3, 0.4) is 0 Å². The van der Waals surface area contributed by atoms with Crippen LogP contribution in [0.1, 0.15) is 25.7 Å². The van der Waals surface area contributed by atoms with Crippen molar-refractivity contribution in [2.75, 3.05) is 10.7 Å². The van der Waals surface area contributed by atoms with Crippen molar-refractivity contribution >= 4 is 22.4 Å². The van der Waals surface area contributed by atoms with Crippen LogP contribution in [0.2, 0.25) is 0 Å². The Balaban J connectivity index is 1.98. The number of aliphatic hydroxyl groups is 1. The summed E-state index contributed by atoms with van der Waals surface area (Å²) in [4.78, 5) is 7.29. The lowest BCUT2D eigenvalue weighted by Gasteiger charge is -2.35. The summed E-state index contributed by atoms with van der Waals surface area (Å²) in [7, 11) is 0. The van der Waals surface area contributed by atoms with Gasteiger partial charge in [-0.1, -0.05) is 0 Å². The molecule has 6 N–H and O–H groups in total. The third-order valence-electron chi connectivity index (χ3n) is 3.86. The molecular weight excluding hydrogens is 242 g/mol. The molecule has 0 saturated heterocycles. The third kappa shape index (κ3) is 2.13. The number of anilines is 2. The number of nitrogen functional groups attached to an aromatic ring is 1. The molecule has 102 valence electrons. The van der Waals surface area contributed by atoms with E-state index in [-0.39, 0.29) is 12.1 Å². The molecule has 6 heteroatoms. The van der Waals surface area contributed by atoms with Crippen molar-refractivity contribution < 1.29 is 5.11 Å². The molecule has 1 aliphatic rings. The summed E-state index contributed by atoms with van der Waals surface area (Å²) in [6.07, 6.45) is 6.67. The third-order valence-corrected chi connectivity index (χ3v) is 3.86. The van der Waals surface area contributed by atoms with Crippen LogP contribution in [0.5, 0.6) is 0 Å². The highest BCUT2D eigenvalue weighted by molar-refractivity contribution is 5.96. The van der Waals surface area contributed by atoms with E-state index in [1.807, 2.05) is 12.3 Å². The number of fused-ring (bicyclic) bond motifs is 1. The van der Waals surface area contributed by atoms with Gasteiger partial charge in [0.25, 0.3) is 0 Å². The standard InChI is InChI=1S/C13H19N5O/c14-11-7-17-13-10(4-5-16-13)12(11)18(15)8-2-1-3-9(19)6-8/h4-5,7-9,19H,1-3,6,14-15H2,(H,16,17). The Kier molecular flexibility index (Phi) is 3.04. The van der Waals surface area contributed by atoms with Crippen molar-refractivity contribution in [2.24, 2.45) is 5.84 Å². The molecular formula is C13H19N5O. The van der Waals surface area contributed by atoms with Crippen molar-refractivity contribution in [2.45, 2.75) is 37.8 Å². The largest absolute Gasteiger partial charge is 0.396 e. The van der Waals surface area contributed by atoms with Crippen molar-refractivity contribution in [3.8, 4) is 0 Å². The van der Waals surface area contributed by atoms with E-state index in [4.69, 9.17) is 11.6 Å². The fourth-order valence-corrected chi connectivity index (χ4v) is 2.87. The van der Waals surface area contributed by atoms with Crippen molar-refractivity contribution in [1.82, 2.24) is 9.97 Å². The number of nitrogens with zero attached hydrogens (tertiary/aromatic N) is 2. The molecule has 2 atom stereocenters. The van der Waals surface area contributed by atoms with Crippen LogP contribution >= 0.6 is 0 Å². The SMILES string of the molecule is Nc1cnc2[nH]ccc2c1N(N)C1CCCC(O)C1. The van der Waals surface area contributed by atoms with E-state index >= 15 is 0 Å². The van der Waals surface area contributed by atoms with E-state index in [0.29, 0.717) is 12.1 Å². The minimum Gasteiger partial charge on any atom is -0.396 e. The number of H-pyrrole nitrogens is 1. The summed E-state index contributed by atoms with van der Waals surface area (Å²) in [5.41, 5.74) is 8.16. The van der Waals surface area contributed by atoms with Crippen molar-refractivity contribution in [1.29, 1.82) is 0 Å². The highest BCUT2D eigenvalue weighted by Gasteiger charge is 2.26. The number of rotatable bonds is 2. The summed E-state index contributed by atoms with van der Waals surface area (Å²) in [5, 5.41) is 12.4. The molecule has 1 aliphatic carbocycles. The zero-order valence-corrected chi connectivity index (χ0v) is 10.7. The predicted octanol–water partition coefficient (Wildman–Crippen LogP) is 1.13. The number of aliphatic hydroxyl groups excluding tert-OH is 1. The number of hydrogen-bond donors (Lipinski definition) is 4. The molecule has 0 amide bonds. The Bertz CT molecular complexity index is 581. The van der Waals surface area contributed by atoms with E-state index in [9.17, 15) is 5.11 Å². The van der Waals surface area contributed by atoms with Gasteiger partial charge in [0.05, 0.1) is 23.7 Å². The van der Waals surface area contributed by atoms with Crippen LogP contribution in [0.15, 0.2) is 18.5 Å². The van der Waals surface area contributed by atoms with Gasteiger partial charge in [0.2, 0.25) is 0 Å². The Morgan fingerprint density at radius 1 is 1.42 bits per heavy atom. The molecule has 0 bridgehead atoms. The molecule has 0 aliphatic heterocycles. The highest BCUT2D eigenvalue weighted by Crippen LogP contribution is 2.33. The number of hydrogen-bond acceptors (Lipinski definition) is 5. The molecule has 1 fully saturated rings. The molecule has 19 heavy (non-hydrogen) atoms. The zero-order valence-electron chi connectivity index (χ0n) is 10.7. The van der Waals surface area contributed by atoms with Crippen LogP contribution in [-0.2, 0) is 0 Å². The maximum atomic E-state index is 9.79. The van der Waals surface area contributed by atoms with Gasteiger partial charge in [-0.25, -0.2) is 10.8 Å². The fraction of sp³-hybridized carbons (Fsp3) is 0.462. The lowest BCUT2D eigenvalue weighted by Crippen LogP contribution is -2.45. The fourth-order valence-electron chi connectivity index (χ4n) is 2.87. The van der Waals surface area contributed by atoms with Gasteiger partial charge in [0, 0.05) is 17.6 Å². The highest BCUT2D eigenvalue weighted by atomic mass is 16.3. The van der Waals surface area contributed by atoms with E-state index in [1.165, 1.54) is 0 Å². The second kappa shape index (κ2) is 4.71. The number of nitrogens with two attached hydrogens (primary N) is 2. The van der Waals surface area contributed by atoms with Gasteiger partial charge in [-0.3, -0.25) is 0 Å². The van der Waals surface area contributed by atoms with Crippen molar-refractivity contribution in [3.05, 3.63) is 18.5 Å². The van der Waals surface area contributed by atoms with Gasteiger partial charge >= 0.3 is 0 Å². The van der Waals surface area contributed by atoms with Crippen LogP contribution in [0.4, 0.5) is 11.4 Å². The molecule has 1 saturated carbocycles. The van der Waals surface area contributed by atoms with Gasteiger partial charge in [-0.15, -0.1) is 0 Å². The molecule has 6 nitrogen and oxygen atoms in total. The second-order valence-corrected chi connectivity index (χ2v) is 5.18. The molecule has 2 heterocycles. The molecule has 2 aromatic rings. The maximum absolute atomic E-state index is 9.79. The summed E-state index contributed by atoms with van der Waals surface area (Å²) in [6, 6.07) is 2.04. The molecule has 0 aromatic carbocycles. The first-order chi connectivity index (χ1) is 9.16. The Morgan fingerprint density at radius 3 is 3.05 bits per heavy atom. The second-order valence-electron chi connectivity index (χ2n) is 5.18. The van der Waals surface area contributed by atoms with Crippen molar-refractivity contribution in [3.63, 3.8) is 0 Å². The van der Waals surface area contributed by atoms with Gasteiger partial charge in [0.15, 0.2) is 0 Å². The van der Waals surface area contributed by atoms with E-state index in [1.54, 1.807) is 11.2 Å². The number of hydrazine groups is 1. The van der Waals surface area contributed by atoms with E-state index < -0.39 is 0 Å². The summed E-state index contributed by atoms with van der Waals surface area (Å²) < 4.78 is 0. The lowest BCUT2D eigenvalue weighted by molar-refractivity contribution is 0.118. The van der Waals surface area contributed by atoms with Crippen LogP contribution in [0.25, 0.3) is 11.0 Å².